The van der Waals surface area contributed by atoms with Crippen LogP contribution in [0.15, 0.2) is 45.9 Å². The number of hydrogen-bond donors (Lipinski definition) is 1. The second-order valence-corrected chi connectivity index (χ2v) is 7.02. The maximum Gasteiger partial charge on any atom is 0.241 e. The van der Waals surface area contributed by atoms with E-state index < -0.39 is 0 Å². The van der Waals surface area contributed by atoms with E-state index in [2.05, 4.69) is 42.9 Å². The number of rotatable bonds is 6. The van der Waals surface area contributed by atoms with Crippen molar-refractivity contribution in [3.63, 3.8) is 0 Å². The second-order valence-electron chi connectivity index (χ2n) is 6.11. The van der Waals surface area contributed by atoms with Crippen LogP contribution in [0.4, 0.5) is 0 Å². The predicted octanol–water partition coefficient (Wildman–Crippen LogP) is 3.01. The number of piperidine rings is 1. The molecule has 2 aromatic rings. The van der Waals surface area contributed by atoms with Gasteiger partial charge in [0.2, 0.25) is 17.6 Å². The van der Waals surface area contributed by atoms with E-state index in [-0.39, 0.29) is 11.8 Å². The van der Waals surface area contributed by atoms with E-state index in [1.807, 2.05) is 24.3 Å². The molecule has 1 aliphatic heterocycles. The molecule has 25 heavy (non-hydrogen) atoms. The Hall–Kier alpha value is -1.99. The predicted molar refractivity (Wildman–Crippen MR) is 98.6 cm³/mol. The lowest BCUT2D eigenvalue weighted by molar-refractivity contribution is -0.126. The van der Waals surface area contributed by atoms with Crippen LogP contribution in [0.5, 0.6) is 0 Å². The van der Waals surface area contributed by atoms with Crippen molar-refractivity contribution in [1.82, 2.24) is 20.4 Å². The Bertz CT molecular complexity index is 738. The maximum atomic E-state index is 12.0. The first-order chi connectivity index (χ1) is 12.2. The molecule has 0 saturated carbocycles. The summed E-state index contributed by atoms with van der Waals surface area (Å²) in [6.45, 7) is 6.45. The topological polar surface area (TPSA) is 71.3 Å². The molecule has 0 unspecified atom stereocenters. The smallest absolute Gasteiger partial charge is 0.241 e. The molecule has 0 radical (unpaired) electrons. The van der Waals surface area contributed by atoms with Crippen LogP contribution in [0.1, 0.15) is 18.7 Å². The minimum absolute atomic E-state index is 0.0797. The van der Waals surface area contributed by atoms with Gasteiger partial charge in [-0.3, -0.25) is 9.69 Å². The van der Waals surface area contributed by atoms with Gasteiger partial charge in [0.05, 0.1) is 6.54 Å². The fraction of sp³-hybridized carbons (Fsp3) is 0.389. The van der Waals surface area contributed by atoms with Crippen molar-refractivity contribution in [2.75, 3.05) is 19.6 Å². The van der Waals surface area contributed by atoms with Gasteiger partial charge in [-0.05, 0) is 38.1 Å². The molecule has 1 aromatic heterocycles. The number of hydrogen-bond acceptors (Lipinski definition) is 5. The van der Waals surface area contributed by atoms with Gasteiger partial charge in [-0.15, -0.1) is 6.58 Å². The minimum Gasteiger partial charge on any atom is -0.352 e. The molecule has 3 rings (SSSR count). The van der Waals surface area contributed by atoms with Crippen molar-refractivity contribution in [2.45, 2.75) is 19.4 Å². The van der Waals surface area contributed by atoms with Gasteiger partial charge in [0, 0.05) is 22.5 Å². The molecule has 0 aliphatic carbocycles. The highest BCUT2D eigenvalue weighted by Crippen LogP contribution is 2.22. The molecule has 1 N–H and O–H groups in total. The summed E-state index contributed by atoms with van der Waals surface area (Å²) in [7, 11) is 0. The maximum absolute atomic E-state index is 12.0. The first kappa shape index (κ1) is 17.8. The second kappa shape index (κ2) is 8.40. The van der Waals surface area contributed by atoms with Crippen molar-refractivity contribution in [3.05, 3.63) is 47.3 Å². The Balaban J connectivity index is 1.53. The van der Waals surface area contributed by atoms with Crippen LogP contribution in [0.3, 0.4) is 0 Å². The Morgan fingerprint density at radius 1 is 1.44 bits per heavy atom. The highest BCUT2D eigenvalue weighted by molar-refractivity contribution is 9.10. The van der Waals surface area contributed by atoms with Crippen LogP contribution in [0.2, 0.25) is 0 Å². The van der Waals surface area contributed by atoms with Gasteiger partial charge in [0.15, 0.2) is 0 Å². The normalized spacial score (nSPS) is 15.9. The highest BCUT2D eigenvalue weighted by atomic mass is 79.9. The minimum atomic E-state index is 0.0797. The average Bonchev–Trinajstić information content (AvgIpc) is 3.09. The number of halogens is 1. The Morgan fingerprint density at radius 2 is 2.24 bits per heavy atom. The van der Waals surface area contributed by atoms with Gasteiger partial charge in [0.25, 0.3) is 0 Å². The summed E-state index contributed by atoms with van der Waals surface area (Å²) in [5.41, 5.74) is 0.918. The standard InChI is InChI=1S/C18H21BrN4O2/c1-2-8-20-18(24)13-6-9-23(10-7-13)12-16-21-17(22-25-16)14-4-3-5-15(19)11-14/h2-5,11,13H,1,6-10,12H2,(H,20,24). The van der Waals surface area contributed by atoms with Gasteiger partial charge in [0.1, 0.15) is 0 Å². The van der Waals surface area contributed by atoms with Crippen LogP contribution in [0.25, 0.3) is 11.4 Å². The number of nitrogens with zero attached hydrogens (tertiary/aromatic N) is 3. The number of carbonyl (C=O) groups excluding carboxylic acids is 1. The van der Waals surface area contributed by atoms with E-state index in [1.165, 1.54) is 0 Å². The SMILES string of the molecule is C=CCNC(=O)C1CCN(Cc2nc(-c3cccc(Br)c3)no2)CC1. The number of nitrogens with one attached hydrogen (secondary N) is 1. The fourth-order valence-electron chi connectivity index (χ4n) is 2.93. The number of benzene rings is 1. The van der Waals surface area contributed by atoms with Crippen molar-refractivity contribution in [1.29, 1.82) is 0 Å². The zero-order valence-corrected chi connectivity index (χ0v) is 15.5. The summed E-state index contributed by atoms with van der Waals surface area (Å²) in [6, 6.07) is 7.81. The quantitative estimate of drug-likeness (QED) is 0.749. The summed E-state index contributed by atoms with van der Waals surface area (Å²) in [6.07, 6.45) is 3.39. The van der Waals surface area contributed by atoms with Crippen LogP contribution in [-0.2, 0) is 11.3 Å². The molecule has 1 aliphatic rings. The molecule has 1 saturated heterocycles. The van der Waals surface area contributed by atoms with Crippen molar-refractivity contribution in [2.24, 2.45) is 5.92 Å². The summed E-state index contributed by atoms with van der Waals surface area (Å²) >= 11 is 3.45. The van der Waals surface area contributed by atoms with Gasteiger partial charge in [-0.2, -0.15) is 4.98 Å². The van der Waals surface area contributed by atoms with Crippen molar-refractivity contribution >= 4 is 21.8 Å². The number of aromatic nitrogens is 2. The third kappa shape index (κ3) is 4.76. The zero-order valence-electron chi connectivity index (χ0n) is 13.9. The number of amides is 1. The van der Waals surface area contributed by atoms with Crippen LogP contribution in [-0.4, -0.2) is 40.6 Å². The zero-order chi connectivity index (χ0) is 17.6. The van der Waals surface area contributed by atoms with Crippen molar-refractivity contribution in [3.8, 4) is 11.4 Å². The summed E-state index contributed by atoms with van der Waals surface area (Å²) in [5.74, 6) is 1.39. The summed E-state index contributed by atoms with van der Waals surface area (Å²) < 4.78 is 6.36. The molecule has 2 heterocycles. The summed E-state index contributed by atoms with van der Waals surface area (Å²) in [4.78, 5) is 18.7. The Kier molecular flexibility index (Phi) is 5.99. The third-order valence-corrected chi connectivity index (χ3v) is 4.78. The lowest BCUT2D eigenvalue weighted by Gasteiger charge is -2.30. The number of carbonyl (C=O) groups is 1. The van der Waals surface area contributed by atoms with E-state index >= 15 is 0 Å². The van der Waals surface area contributed by atoms with E-state index in [9.17, 15) is 4.79 Å². The van der Waals surface area contributed by atoms with E-state index in [0.717, 1.165) is 36.0 Å². The number of likely N-dealkylation sites (tertiary alicyclic amines) is 1. The fourth-order valence-corrected chi connectivity index (χ4v) is 3.32. The van der Waals surface area contributed by atoms with Crippen LogP contribution < -0.4 is 5.32 Å². The molecule has 7 heteroatoms. The molecule has 0 spiro atoms. The Labute approximate surface area is 155 Å². The van der Waals surface area contributed by atoms with Gasteiger partial charge >= 0.3 is 0 Å². The molecule has 0 bridgehead atoms. The molecular formula is C18H21BrN4O2. The molecule has 1 amide bonds. The van der Waals surface area contributed by atoms with Crippen LogP contribution in [0, 0.1) is 5.92 Å². The van der Waals surface area contributed by atoms with Gasteiger partial charge in [-0.1, -0.05) is 39.3 Å². The monoisotopic (exact) mass is 404 g/mol. The largest absolute Gasteiger partial charge is 0.352 e. The van der Waals surface area contributed by atoms with Crippen molar-refractivity contribution < 1.29 is 9.32 Å². The van der Waals surface area contributed by atoms with E-state index in [1.54, 1.807) is 6.08 Å². The average molecular weight is 405 g/mol. The molecule has 1 fully saturated rings. The molecule has 0 atom stereocenters. The first-order valence-electron chi connectivity index (χ1n) is 8.35. The molecular weight excluding hydrogens is 384 g/mol. The van der Waals surface area contributed by atoms with Gasteiger partial charge < -0.3 is 9.84 Å². The third-order valence-electron chi connectivity index (χ3n) is 4.29. The first-order valence-corrected chi connectivity index (χ1v) is 9.14. The highest BCUT2D eigenvalue weighted by Gasteiger charge is 2.25. The lowest BCUT2D eigenvalue weighted by Crippen LogP contribution is -2.40. The van der Waals surface area contributed by atoms with Gasteiger partial charge in [-0.25, -0.2) is 0 Å². The lowest BCUT2D eigenvalue weighted by atomic mass is 9.96. The molecule has 1 aromatic carbocycles. The van der Waals surface area contributed by atoms with Crippen LogP contribution >= 0.6 is 15.9 Å². The van der Waals surface area contributed by atoms with E-state index in [0.29, 0.717) is 24.8 Å². The Morgan fingerprint density at radius 3 is 2.96 bits per heavy atom. The van der Waals surface area contributed by atoms with E-state index in [4.69, 9.17) is 4.52 Å². The summed E-state index contributed by atoms with van der Waals surface area (Å²) in [5, 5.41) is 6.94. The molecule has 6 nitrogen and oxygen atoms in total. The molecule has 132 valence electrons.